The van der Waals surface area contributed by atoms with Gasteiger partial charge in [-0.25, -0.2) is 9.38 Å². The number of benzene rings is 1. The predicted octanol–water partition coefficient (Wildman–Crippen LogP) is 1.01. The fourth-order valence-corrected chi connectivity index (χ4v) is 1.84. The molecular formula is C12H11N5O. The number of aromatic nitrogens is 4. The molecule has 0 spiro atoms. The van der Waals surface area contributed by atoms with Crippen LogP contribution in [-0.4, -0.2) is 24.3 Å². The second-order valence-electron chi connectivity index (χ2n) is 3.94. The zero-order valence-corrected chi connectivity index (χ0v) is 9.70. The van der Waals surface area contributed by atoms with Gasteiger partial charge in [0.1, 0.15) is 0 Å². The second-order valence-corrected chi connectivity index (χ2v) is 3.94. The van der Waals surface area contributed by atoms with Gasteiger partial charge in [-0.05, 0) is 19.1 Å². The Labute approximate surface area is 102 Å². The molecule has 0 amide bonds. The number of aryl methyl sites for hydroxylation is 1. The van der Waals surface area contributed by atoms with Gasteiger partial charge in [0.2, 0.25) is 5.62 Å². The fraction of sp³-hybridized carbons (Fsp3) is 0.0833. The van der Waals surface area contributed by atoms with Crippen LogP contribution in [0.3, 0.4) is 0 Å². The number of aromatic hydroxyl groups is 1. The highest BCUT2D eigenvalue weighted by Gasteiger charge is 2.10. The molecule has 6 nitrogen and oxygen atoms in total. The average molecular weight is 241 g/mol. The van der Waals surface area contributed by atoms with E-state index in [-0.39, 0.29) is 11.4 Å². The van der Waals surface area contributed by atoms with E-state index in [1.807, 2.05) is 30.3 Å². The second kappa shape index (κ2) is 3.69. The smallest absolute Gasteiger partial charge is 0.255 e. The molecule has 0 unspecified atom stereocenters. The zero-order valence-electron chi connectivity index (χ0n) is 9.70. The van der Waals surface area contributed by atoms with Crippen LogP contribution in [0.1, 0.15) is 5.69 Å². The molecule has 90 valence electrons. The van der Waals surface area contributed by atoms with E-state index in [1.54, 1.807) is 6.92 Å². The Morgan fingerprint density at radius 1 is 1.22 bits per heavy atom. The maximum atomic E-state index is 9.62. The summed E-state index contributed by atoms with van der Waals surface area (Å²) < 4.78 is 2.98. The van der Waals surface area contributed by atoms with E-state index in [4.69, 9.17) is 5.41 Å². The topological polar surface area (TPSA) is 79.2 Å². The summed E-state index contributed by atoms with van der Waals surface area (Å²) >= 11 is 0. The summed E-state index contributed by atoms with van der Waals surface area (Å²) in [6.07, 6.45) is 1.34. The molecule has 0 bridgehead atoms. The molecule has 6 heteroatoms. The maximum absolute atomic E-state index is 9.62. The van der Waals surface area contributed by atoms with Crippen molar-refractivity contribution >= 4 is 5.78 Å². The normalized spacial score (nSPS) is 10.9. The predicted molar refractivity (Wildman–Crippen MR) is 64.6 cm³/mol. The number of fused-ring (bicyclic) bond motifs is 1. The van der Waals surface area contributed by atoms with Crippen LogP contribution in [0.4, 0.5) is 0 Å². The van der Waals surface area contributed by atoms with Crippen LogP contribution in [0.25, 0.3) is 11.5 Å². The summed E-state index contributed by atoms with van der Waals surface area (Å²) in [5.74, 6) is 0.438. The van der Waals surface area contributed by atoms with Crippen molar-refractivity contribution in [1.29, 1.82) is 5.41 Å². The minimum absolute atomic E-state index is 0.0496. The maximum Gasteiger partial charge on any atom is 0.255 e. The van der Waals surface area contributed by atoms with Gasteiger partial charge in [-0.2, -0.15) is 4.68 Å². The monoisotopic (exact) mass is 241 g/mol. The van der Waals surface area contributed by atoms with E-state index in [0.717, 1.165) is 5.69 Å². The van der Waals surface area contributed by atoms with Crippen molar-refractivity contribution in [2.24, 2.45) is 0 Å². The first-order valence-electron chi connectivity index (χ1n) is 5.45. The van der Waals surface area contributed by atoms with Crippen LogP contribution >= 0.6 is 0 Å². The molecule has 1 aromatic carbocycles. The Morgan fingerprint density at radius 2 is 1.94 bits per heavy atom. The lowest BCUT2D eigenvalue weighted by Gasteiger charge is -2.00. The van der Waals surface area contributed by atoms with Crippen molar-refractivity contribution in [2.45, 2.75) is 6.92 Å². The molecule has 0 radical (unpaired) electrons. The third-order valence-electron chi connectivity index (χ3n) is 2.81. The van der Waals surface area contributed by atoms with Crippen molar-refractivity contribution < 1.29 is 5.11 Å². The average Bonchev–Trinajstić information content (AvgIpc) is 2.73. The third kappa shape index (κ3) is 1.39. The minimum atomic E-state index is 0.0496. The summed E-state index contributed by atoms with van der Waals surface area (Å²) in [4.78, 5) is 4.01. The molecule has 0 fully saturated rings. The van der Waals surface area contributed by atoms with Crippen molar-refractivity contribution in [3.63, 3.8) is 0 Å². The molecule has 18 heavy (non-hydrogen) atoms. The third-order valence-corrected chi connectivity index (χ3v) is 2.81. The summed E-state index contributed by atoms with van der Waals surface area (Å²) in [7, 11) is 0. The first kappa shape index (κ1) is 10.5. The molecule has 2 aromatic heterocycles. The zero-order chi connectivity index (χ0) is 12.7. The lowest BCUT2D eigenvalue weighted by atomic mass is 10.3. The number of rotatable bonds is 1. The first-order valence-corrected chi connectivity index (χ1v) is 5.45. The van der Waals surface area contributed by atoms with Crippen molar-refractivity contribution in [3.05, 3.63) is 47.8 Å². The standard InChI is InChI=1S/C12H11N5O/c1-8-10(18)7-14-12-15-17(11(13)16(8)12)9-5-3-2-4-6-9/h2-7,13,18H,1H3. The van der Waals surface area contributed by atoms with Gasteiger partial charge < -0.3 is 5.11 Å². The molecule has 0 aliphatic carbocycles. The van der Waals surface area contributed by atoms with Crippen LogP contribution in [0.15, 0.2) is 36.5 Å². The van der Waals surface area contributed by atoms with E-state index in [9.17, 15) is 5.11 Å². The number of nitrogens with one attached hydrogen (secondary N) is 1. The van der Waals surface area contributed by atoms with Gasteiger partial charge in [-0.15, -0.1) is 5.10 Å². The minimum Gasteiger partial charge on any atom is -0.505 e. The Balaban J connectivity index is 2.38. The highest BCUT2D eigenvalue weighted by atomic mass is 16.3. The highest BCUT2D eigenvalue weighted by Crippen LogP contribution is 2.13. The number of nitrogens with zero attached hydrogens (tertiary/aromatic N) is 4. The van der Waals surface area contributed by atoms with Crippen LogP contribution in [0.2, 0.25) is 0 Å². The van der Waals surface area contributed by atoms with Crippen LogP contribution in [0, 0.1) is 12.3 Å². The Kier molecular flexibility index (Phi) is 2.16. The SMILES string of the molecule is Cc1c(O)cnc2nn(-c3ccccc3)c(=N)n12. The van der Waals surface area contributed by atoms with Gasteiger partial charge >= 0.3 is 0 Å². The van der Waals surface area contributed by atoms with Crippen molar-refractivity contribution in [1.82, 2.24) is 19.2 Å². The molecule has 0 saturated carbocycles. The fourth-order valence-electron chi connectivity index (χ4n) is 1.84. The molecule has 0 saturated heterocycles. The lowest BCUT2D eigenvalue weighted by Crippen LogP contribution is -2.21. The summed E-state index contributed by atoms with van der Waals surface area (Å²) in [5, 5.41) is 22.0. The molecule has 3 rings (SSSR count). The molecule has 0 aliphatic heterocycles. The lowest BCUT2D eigenvalue weighted by molar-refractivity contribution is 0.462. The van der Waals surface area contributed by atoms with Gasteiger partial charge in [0.05, 0.1) is 17.6 Å². The molecule has 2 N–H and O–H groups in total. The first-order chi connectivity index (χ1) is 8.68. The molecule has 0 atom stereocenters. The van der Waals surface area contributed by atoms with Crippen LogP contribution < -0.4 is 5.62 Å². The van der Waals surface area contributed by atoms with Gasteiger partial charge in [-0.3, -0.25) is 5.41 Å². The summed E-state index contributed by atoms with van der Waals surface area (Å²) in [6, 6.07) is 9.38. The number of para-hydroxylation sites is 1. The molecular weight excluding hydrogens is 230 g/mol. The Bertz CT molecular complexity index is 772. The largest absolute Gasteiger partial charge is 0.505 e. The number of hydrogen-bond donors (Lipinski definition) is 2. The van der Waals surface area contributed by atoms with E-state index in [1.165, 1.54) is 15.3 Å². The van der Waals surface area contributed by atoms with Gasteiger partial charge in [0, 0.05) is 0 Å². The van der Waals surface area contributed by atoms with E-state index < -0.39 is 0 Å². The Morgan fingerprint density at radius 3 is 2.67 bits per heavy atom. The van der Waals surface area contributed by atoms with Gasteiger partial charge in [-0.1, -0.05) is 18.2 Å². The van der Waals surface area contributed by atoms with Gasteiger partial charge in [0.15, 0.2) is 5.75 Å². The summed E-state index contributed by atoms with van der Waals surface area (Å²) in [6.45, 7) is 1.72. The van der Waals surface area contributed by atoms with Crippen LogP contribution in [0.5, 0.6) is 5.75 Å². The van der Waals surface area contributed by atoms with E-state index in [0.29, 0.717) is 11.5 Å². The van der Waals surface area contributed by atoms with Gasteiger partial charge in [0.25, 0.3) is 5.78 Å². The molecule has 3 aromatic rings. The van der Waals surface area contributed by atoms with E-state index >= 15 is 0 Å². The molecule has 2 heterocycles. The highest BCUT2D eigenvalue weighted by molar-refractivity contribution is 5.38. The van der Waals surface area contributed by atoms with Crippen LogP contribution in [-0.2, 0) is 0 Å². The van der Waals surface area contributed by atoms with Crippen molar-refractivity contribution in [3.8, 4) is 11.4 Å². The molecule has 0 aliphatic rings. The van der Waals surface area contributed by atoms with Crippen molar-refractivity contribution in [2.75, 3.05) is 0 Å². The quantitative estimate of drug-likeness (QED) is 0.667. The number of hydrogen-bond acceptors (Lipinski definition) is 4. The Hall–Kier alpha value is -2.63. The van der Waals surface area contributed by atoms with E-state index in [2.05, 4.69) is 10.1 Å². The summed E-state index contributed by atoms with van der Waals surface area (Å²) in [5.41, 5.74) is 1.48.